The van der Waals surface area contributed by atoms with E-state index < -0.39 is 0 Å². The molecule has 1 aliphatic rings. The molecule has 4 nitrogen and oxygen atoms in total. The standard InChI is InChI=1S/C15H22N2O2/c1-16(2)12-15(18)17-8-9-19-14(11-17)10-13-6-4-3-5-7-13/h3-7,14H,8-12H2,1-2H3/t14-/m1/s1. The van der Waals surface area contributed by atoms with E-state index in [1.807, 2.05) is 42.1 Å². The van der Waals surface area contributed by atoms with Crippen molar-refractivity contribution in [3.63, 3.8) is 0 Å². The smallest absolute Gasteiger partial charge is 0.236 e. The first kappa shape index (κ1) is 14.0. The van der Waals surface area contributed by atoms with Gasteiger partial charge in [-0.05, 0) is 19.7 Å². The van der Waals surface area contributed by atoms with Crippen LogP contribution in [-0.4, -0.2) is 62.1 Å². The van der Waals surface area contributed by atoms with Gasteiger partial charge in [0.25, 0.3) is 0 Å². The predicted octanol–water partition coefficient (Wildman–Crippen LogP) is 1.02. The SMILES string of the molecule is CN(C)CC(=O)N1CCO[C@H](Cc2ccccc2)C1. The molecule has 1 atom stereocenters. The van der Waals surface area contributed by atoms with E-state index in [9.17, 15) is 4.79 Å². The Bertz CT molecular complexity index is 406. The van der Waals surface area contributed by atoms with Gasteiger partial charge in [0.1, 0.15) is 0 Å². The number of likely N-dealkylation sites (N-methyl/N-ethyl adjacent to an activating group) is 1. The van der Waals surface area contributed by atoms with Crippen LogP contribution in [0.25, 0.3) is 0 Å². The summed E-state index contributed by atoms with van der Waals surface area (Å²) >= 11 is 0. The highest BCUT2D eigenvalue weighted by molar-refractivity contribution is 5.78. The van der Waals surface area contributed by atoms with Crippen LogP contribution < -0.4 is 0 Å². The molecule has 4 heteroatoms. The molecule has 1 amide bonds. The van der Waals surface area contributed by atoms with Gasteiger partial charge in [-0.1, -0.05) is 30.3 Å². The van der Waals surface area contributed by atoms with E-state index in [0.717, 1.165) is 6.42 Å². The molecule has 1 aromatic rings. The lowest BCUT2D eigenvalue weighted by atomic mass is 10.1. The van der Waals surface area contributed by atoms with Crippen LogP contribution in [0.3, 0.4) is 0 Å². The summed E-state index contributed by atoms with van der Waals surface area (Å²) < 4.78 is 5.76. The third-order valence-electron chi connectivity index (χ3n) is 3.25. The van der Waals surface area contributed by atoms with Gasteiger partial charge in [-0.15, -0.1) is 0 Å². The number of carbonyl (C=O) groups is 1. The van der Waals surface area contributed by atoms with Crippen molar-refractivity contribution in [1.29, 1.82) is 0 Å². The summed E-state index contributed by atoms with van der Waals surface area (Å²) in [6, 6.07) is 10.3. The minimum Gasteiger partial charge on any atom is -0.374 e. The number of hydrogen-bond donors (Lipinski definition) is 0. The molecule has 0 aliphatic carbocycles. The lowest BCUT2D eigenvalue weighted by molar-refractivity contribution is -0.139. The van der Waals surface area contributed by atoms with Crippen LogP contribution in [0.15, 0.2) is 30.3 Å². The average Bonchev–Trinajstić information content (AvgIpc) is 2.39. The molecule has 1 saturated heterocycles. The number of benzene rings is 1. The number of morpholine rings is 1. The third-order valence-corrected chi connectivity index (χ3v) is 3.25. The van der Waals surface area contributed by atoms with Crippen molar-refractivity contribution in [2.45, 2.75) is 12.5 Å². The summed E-state index contributed by atoms with van der Waals surface area (Å²) in [5.74, 6) is 0.186. The van der Waals surface area contributed by atoms with Gasteiger partial charge in [-0.25, -0.2) is 0 Å². The number of carbonyl (C=O) groups excluding carboxylic acids is 1. The first-order chi connectivity index (χ1) is 9.15. The van der Waals surface area contributed by atoms with Gasteiger partial charge in [0.05, 0.1) is 19.3 Å². The minimum absolute atomic E-state index is 0.113. The molecule has 0 N–H and O–H groups in total. The van der Waals surface area contributed by atoms with Crippen molar-refractivity contribution >= 4 is 5.91 Å². The molecule has 0 saturated carbocycles. The Labute approximate surface area is 115 Å². The zero-order chi connectivity index (χ0) is 13.7. The lowest BCUT2D eigenvalue weighted by Gasteiger charge is -2.33. The van der Waals surface area contributed by atoms with Crippen LogP contribution in [0.5, 0.6) is 0 Å². The molecule has 0 aromatic heterocycles. The molecule has 1 heterocycles. The first-order valence-corrected chi connectivity index (χ1v) is 6.73. The number of nitrogens with zero attached hydrogens (tertiary/aromatic N) is 2. The van der Waals surface area contributed by atoms with Crippen LogP contribution in [-0.2, 0) is 16.0 Å². The van der Waals surface area contributed by atoms with E-state index in [1.165, 1.54) is 5.56 Å². The van der Waals surface area contributed by atoms with Crippen molar-refractivity contribution in [2.75, 3.05) is 40.3 Å². The van der Waals surface area contributed by atoms with E-state index in [0.29, 0.717) is 26.2 Å². The van der Waals surface area contributed by atoms with Crippen LogP contribution in [0.4, 0.5) is 0 Å². The fraction of sp³-hybridized carbons (Fsp3) is 0.533. The molecule has 104 valence electrons. The molecule has 1 aromatic carbocycles. The molecule has 0 radical (unpaired) electrons. The van der Waals surface area contributed by atoms with E-state index in [4.69, 9.17) is 4.74 Å². The first-order valence-electron chi connectivity index (χ1n) is 6.73. The largest absolute Gasteiger partial charge is 0.374 e. The lowest BCUT2D eigenvalue weighted by Crippen LogP contribution is -2.48. The topological polar surface area (TPSA) is 32.8 Å². The second kappa shape index (κ2) is 6.68. The van der Waals surface area contributed by atoms with Gasteiger partial charge in [0, 0.05) is 19.5 Å². The highest BCUT2D eigenvalue weighted by atomic mass is 16.5. The third kappa shape index (κ3) is 4.33. The van der Waals surface area contributed by atoms with Crippen molar-refractivity contribution in [3.8, 4) is 0 Å². The quantitative estimate of drug-likeness (QED) is 0.812. The molecule has 0 spiro atoms. The van der Waals surface area contributed by atoms with Crippen molar-refractivity contribution in [3.05, 3.63) is 35.9 Å². The molecule has 0 bridgehead atoms. The Kier molecular flexibility index (Phi) is 4.93. The van der Waals surface area contributed by atoms with Crippen LogP contribution >= 0.6 is 0 Å². The van der Waals surface area contributed by atoms with E-state index >= 15 is 0 Å². The fourth-order valence-corrected chi connectivity index (χ4v) is 2.32. The number of amides is 1. The van der Waals surface area contributed by atoms with Gasteiger partial charge in [-0.2, -0.15) is 0 Å². The second-order valence-electron chi connectivity index (χ2n) is 5.26. The van der Waals surface area contributed by atoms with Crippen molar-refractivity contribution in [2.24, 2.45) is 0 Å². The van der Waals surface area contributed by atoms with Crippen molar-refractivity contribution < 1.29 is 9.53 Å². The Hall–Kier alpha value is -1.39. The van der Waals surface area contributed by atoms with Gasteiger partial charge >= 0.3 is 0 Å². The predicted molar refractivity (Wildman–Crippen MR) is 75.0 cm³/mol. The average molecular weight is 262 g/mol. The van der Waals surface area contributed by atoms with Gasteiger partial charge in [0.15, 0.2) is 0 Å². The van der Waals surface area contributed by atoms with E-state index in [-0.39, 0.29) is 12.0 Å². The Morgan fingerprint density at radius 2 is 2.11 bits per heavy atom. The maximum absolute atomic E-state index is 12.0. The zero-order valence-electron chi connectivity index (χ0n) is 11.7. The van der Waals surface area contributed by atoms with Gasteiger partial charge in [0.2, 0.25) is 5.91 Å². The molecule has 0 unspecified atom stereocenters. The summed E-state index contributed by atoms with van der Waals surface area (Å²) in [6.45, 7) is 2.51. The maximum Gasteiger partial charge on any atom is 0.236 e. The zero-order valence-corrected chi connectivity index (χ0v) is 11.7. The van der Waals surface area contributed by atoms with Crippen LogP contribution in [0.1, 0.15) is 5.56 Å². The highest BCUT2D eigenvalue weighted by Crippen LogP contribution is 2.12. The summed E-state index contributed by atoms with van der Waals surface area (Å²) in [6.07, 6.45) is 0.981. The second-order valence-corrected chi connectivity index (χ2v) is 5.26. The molecular formula is C15H22N2O2. The molecule has 2 rings (SSSR count). The minimum atomic E-state index is 0.113. The van der Waals surface area contributed by atoms with Crippen LogP contribution in [0, 0.1) is 0 Å². The number of hydrogen-bond acceptors (Lipinski definition) is 3. The Morgan fingerprint density at radius 3 is 2.79 bits per heavy atom. The maximum atomic E-state index is 12.0. The summed E-state index contributed by atoms with van der Waals surface area (Å²) in [4.78, 5) is 15.9. The van der Waals surface area contributed by atoms with Gasteiger partial charge in [-0.3, -0.25) is 4.79 Å². The van der Waals surface area contributed by atoms with Crippen molar-refractivity contribution in [1.82, 2.24) is 9.80 Å². The molecule has 19 heavy (non-hydrogen) atoms. The van der Waals surface area contributed by atoms with E-state index in [1.54, 1.807) is 0 Å². The number of rotatable bonds is 4. The molecule has 1 fully saturated rings. The Morgan fingerprint density at radius 1 is 1.37 bits per heavy atom. The normalized spacial score (nSPS) is 19.7. The monoisotopic (exact) mass is 262 g/mol. The summed E-state index contributed by atoms with van der Waals surface area (Å²) in [7, 11) is 3.83. The molecule has 1 aliphatic heterocycles. The number of ether oxygens (including phenoxy) is 1. The summed E-state index contributed by atoms with van der Waals surface area (Å²) in [5.41, 5.74) is 1.26. The molecular weight excluding hydrogens is 240 g/mol. The highest BCUT2D eigenvalue weighted by Gasteiger charge is 2.24. The van der Waals surface area contributed by atoms with Crippen LogP contribution in [0.2, 0.25) is 0 Å². The van der Waals surface area contributed by atoms with Gasteiger partial charge < -0.3 is 14.5 Å². The van der Waals surface area contributed by atoms with E-state index in [2.05, 4.69) is 12.1 Å². The summed E-state index contributed by atoms with van der Waals surface area (Å²) in [5, 5.41) is 0. The fourth-order valence-electron chi connectivity index (χ4n) is 2.32. The Balaban J connectivity index is 1.88.